The topological polar surface area (TPSA) is 102 Å². The Morgan fingerprint density at radius 2 is 2.17 bits per heavy atom. The van der Waals surface area contributed by atoms with Gasteiger partial charge in [-0.1, -0.05) is 6.42 Å². The molecule has 2 amide bonds. The normalized spacial score (nSPS) is 35.8. The van der Waals surface area contributed by atoms with Crippen LogP contribution in [0.15, 0.2) is 4.42 Å². The summed E-state index contributed by atoms with van der Waals surface area (Å²) in [7, 11) is 0. The first-order chi connectivity index (χ1) is 14.1. The molecule has 1 aromatic rings. The fourth-order valence-corrected chi connectivity index (χ4v) is 6.11. The number of carbonyl (C=O) groups excluding carboxylic acids is 2. The van der Waals surface area contributed by atoms with E-state index in [0.717, 1.165) is 43.0 Å². The van der Waals surface area contributed by atoms with Crippen molar-refractivity contribution < 1.29 is 18.7 Å². The van der Waals surface area contributed by atoms with Crippen LogP contribution in [0.3, 0.4) is 0 Å². The molecule has 0 aromatic carbocycles. The molecule has 8 nitrogen and oxygen atoms in total. The standard InChI is InChI=1S/C21H28N4O4/c22-7-9-25-11-21-6-4-15(29-21)16(17(21)20(25)27)19(26)24-8-5-14-13(10-24)23-18(28-14)12-2-1-3-12/h12,15-17H,1-11,22H2/t15-,16-,17+,21-/m0/s1. The number of carbonyl (C=O) groups is 2. The number of nitrogens with zero attached hydrogens (tertiary/aromatic N) is 3. The van der Waals surface area contributed by atoms with Crippen LogP contribution in [0.1, 0.15) is 55.4 Å². The molecule has 0 radical (unpaired) electrons. The van der Waals surface area contributed by atoms with Crippen LogP contribution in [0.4, 0.5) is 0 Å². The average molecular weight is 400 g/mol. The second-order valence-corrected chi connectivity index (χ2v) is 9.37. The molecule has 4 atom stereocenters. The molecule has 2 bridgehead atoms. The zero-order valence-electron chi connectivity index (χ0n) is 16.6. The maximum Gasteiger partial charge on any atom is 0.229 e. The largest absolute Gasteiger partial charge is 0.445 e. The lowest BCUT2D eigenvalue weighted by Crippen LogP contribution is -2.48. The van der Waals surface area contributed by atoms with Crippen molar-refractivity contribution >= 4 is 11.8 Å². The zero-order chi connectivity index (χ0) is 19.8. The Morgan fingerprint density at radius 3 is 2.93 bits per heavy atom. The summed E-state index contributed by atoms with van der Waals surface area (Å²) < 4.78 is 12.3. The van der Waals surface area contributed by atoms with Gasteiger partial charge in [0, 0.05) is 32.0 Å². The van der Waals surface area contributed by atoms with Gasteiger partial charge in [0.05, 0.1) is 36.6 Å². The second-order valence-electron chi connectivity index (χ2n) is 9.37. The van der Waals surface area contributed by atoms with Gasteiger partial charge < -0.3 is 24.7 Å². The summed E-state index contributed by atoms with van der Waals surface area (Å²) in [5.41, 5.74) is 6.10. The molecule has 156 valence electrons. The van der Waals surface area contributed by atoms with Gasteiger partial charge in [-0.2, -0.15) is 0 Å². The van der Waals surface area contributed by atoms with Gasteiger partial charge in [0.1, 0.15) is 11.5 Å². The molecule has 3 saturated heterocycles. The first kappa shape index (κ1) is 17.9. The van der Waals surface area contributed by atoms with E-state index in [9.17, 15) is 9.59 Å². The van der Waals surface area contributed by atoms with Crippen LogP contribution in [-0.2, 0) is 27.3 Å². The highest BCUT2D eigenvalue weighted by molar-refractivity contribution is 5.92. The van der Waals surface area contributed by atoms with E-state index in [1.54, 1.807) is 4.90 Å². The maximum atomic E-state index is 13.5. The SMILES string of the molecule is NCCN1C[C@]23CC[C@H](O2)[C@H](C(=O)N2CCc4oc(C5CCC5)nc4C2)[C@@H]3C1=O. The maximum absolute atomic E-state index is 13.5. The molecule has 4 aliphatic heterocycles. The van der Waals surface area contributed by atoms with Crippen LogP contribution < -0.4 is 5.73 Å². The van der Waals surface area contributed by atoms with E-state index in [4.69, 9.17) is 19.9 Å². The van der Waals surface area contributed by atoms with E-state index >= 15 is 0 Å². The van der Waals surface area contributed by atoms with Crippen molar-refractivity contribution in [2.75, 3.05) is 26.2 Å². The molecule has 1 aromatic heterocycles. The Bertz CT molecular complexity index is 865. The predicted octanol–water partition coefficient (Wildman–Crippen LogP) is 0.791. The number of oxazole rings is 1. The molecule has 1 aliphatic carbocycles. The van der Waals surface area contributed by atoms with Crippen molar-refractivity contribution in [2.45, 2.75) is 62.7 Å². The number of fused-ring (bicyclic) bond motifs is 2. The molecule has 1 spiro atoms. The van der Waals surface area contributed by atoms with Crippen molar-refractivity contribution in [2.24, 2.45) is 17.6 Å². The lowest BCUT2D eigenvalue weighted by atomic mass is 9.72. The third kappa shape index (κ3) is 2.48. The third-order valence-corrected chi connectivity index (χ3v) is 7.80. The summed E-state index contributed by atoms with van der Waals surface area (Å²) in [5, 5.41) is 0. The van der Waals surface area contributed by atoms with Crippen LogP contribution in [0.2, 0.25) is 0 Å². The van der Waals surface area contributed by atoms with Crippen molar-refractivity contribution in [1.82, 2.24) is 14.8 Å². The molecule has 8 heteroatoms. The third-order valence-electron chi connectivity index (χ3n) is 7.80. The van der Waals surface area contributed by atoms with Gasteiger partial charge >= 0.3 is 0 Å². The molecule has 1 saturated carbocycles. The first-order valence-electron chi connectivity index (χ1n) is 11.0. The van der Waals surface area contributed by atoms with E-state index < -0.39 is 5.60 Å². The Morgan fingerprint density at radius 1 is 1.31 bits per heavy atom. The molecule has 4 fully saturated rings. The Hall–Kier alpha value is -1.93. The Kier molecular flexibility index (Phi) is 3.88. The van der Waals surface area contributed by atoms with Crippen LogP contribution in [0.25, 0.3) is 0 Å². The van der Waals surface area contributed by atoms with Crippen LogP contribution in [0.5, 0.6) is 0 Å². The molecular formula is C21H28N4O4. The Balaban J connectivity index is 1.23. The number of likely N-dealkylation sites (tertiary alicyclic amines) is 1. The van der Waals surface area contributed by atoms with Gasteiger partial charge in [0.15, 0.2) is 5.89 Å². The van der Waals surface area contributed by atoms with Crippen molar-refractivity contribution in [3.8, 4) is 0 Å². The minimum atomic E-state index is -0.483. The van der Waals surface area contributed by atoms with Gasteiger partial charge in [-0.3, -0.25) is 9.59 Å². The fraction of sp³-hybridized carbons (Fsp3) is 0.762. The molecular weight excluding hydrogens is 372 g/mol. The number of hydrogen-bond acceptors (Lipinski definition) is 6. The summed E-state index contributed by atoms with van der Waals surface area (Å²) >= 11 is 0. The van der Waals surface area contributed by atoms with Crippen LogP contribution in [-0.4, -0.2) is 64.5 Å². The monoisotopic (exact) mass is 400 g/mol. The summed E-state index contributed by atoms with van der Waals surface area (Å²) in [6.07, 6.45) is 5.80. The Labute approximate surface area is 169 Å². The van der Waals surface area contributed by atoms with Crippen molar-refractivity contribution in [3.05, 3.63) is 17.3 Å². The van der Waals surface area contributed by atoms with E-state index in [0.29, 0.717) is 45.1 Å². The number of nitrogens with two attached hydrogens (primary N) is 1. The van der Waals surface area contributed by atoms with Crippen molar-refractivity contribution in [3.63, 3.8) is 0 Å². The molecule has 0 unspecified atom stereocenters. The molecule has 29 heavy (non-hydrogen) atoms. The second kappa shape index (κ2) is 6.28. The van der Waals surface area contributed by atoms with Crippen LogP contribution >= 0.6 is 0 Å². The van der Waals surface area contributed by atoms with Gasteiger partial charge in [-0.05, 0) is 25.7 Å². The zero-order valence-corrected chi connectivity index (χ0v) is 16.6. The van der Waals surface area contributed by atoms with Crippen molar-refractivity contribution in [1.29, 1.82) is 0 Å². The lowest BCUT2D eigenvalue weighted by Gasteiger charge is -2.33. The lowest BCUT2D eigenvalue weighted by molar-refractivity contribution is -0.145. The summed E-state index contributed by atoms with van der Waals surface area (Å²) in [6, 6.07) is 0. The van der Waals surface area contributed by atoms with E-state index in [1.807, 2.05) is 4.90 Å². The fourth-order valence-electron chi connectivity index (χ4n) is 6.11. The predicted molar refractivity (Wildman–Crippen MR) is 102 cm³/mol. The summed E-state index contributed by atoms with van der Waals surface area (Å²) in [6.45, 7) is 2.64. The minimum absolute atomic E-state index is 0.0439. The molecule has 5 heterocycles. The minimum Gasteiger partial charge on any atom is -0.445 e. The highest BCUT2D eigenvalue weighted by Crippen LogP contribution is 2.56. The van der Waals surface area contributed by atoms with Gasteiger partial charge in [-0.15, -0.1) is 0 Å². The van der Waals surface area contributed by atoms with Gasteiger partial charge in [0.2, 0.25) is 11.8 Å². The van der Waals surface area contributed by atoms with Crippen LogP contribution in [0, 0.1) is 11.8 Å². The number of rotatable bonds is 4. The van der Waals surface area contributed by atoms with Gasteiger partial charge in [0.25, 0.3) is 0 Å². The quantitative estimate of drug-likeness (QED) is 0.802. The molecule has 2 N–H and O–H groups in total. The summed E-state index contributed by atoms with van der Waals surface area (Å²) in [4.78, 5) is 35.0. The smallest absolute Gasteiger partial charge is 0.229 e. The van der Waals surface area contributed by atoms with E-state index in [1.165, 1.54) is 6.42 Å². The first-order valence-corrected chi connectivity index (χ1v) is 11.0. The summed E-state index contributed by atoms with van der Waals surface area (Å²) in [5.74, 6) is 1.59. The van der Waals surface area contributed by atoms with Gasteiger partial charge in [-0.25, -0.2) is 4.98 Å². The molecule has 5 aliphatic rings. The van der Waals surface area contributed by atoms with E-state index in [2.05, 4.69) is 0 Å². The number of ether oxygens (including phenoxy) is 1. The average Bonchev–Trinajstić information content (AvgIpc) is 3.39. The number of amides is 2. The highest BCUT2D eigenvalue weighted by Gasteiger charge is 2.69. The number of aromatic nitrogens is 1. The molecule has 6 rings (SSSR count). The highest BCUT2D eigenvalue weighted by atomic mass is 16.5. The number of hydrogen-bond donors (Lipinski definition) is 1. The van der Waals surface area contributed by atoms with E-state index in [-0.39, 0.29) is 29.8 Å².